The van der Waals surface area contributed by atoms with E-state index in [2.05, 4.69) is 47.1 Å². The van der Waals surface area contributed by atoms with Crippen molar-refractivity contribution in [3.05, 3.63) is 63.4 Å². The molecule has 0 radical (unpaired) electrons. The Balaban J connectivity index is 1.77. The van der Waals surface area contributed by atoms with Gasteiger partial charge in [0.1, 0.15) is 17.7 Å². The summed E-state index contributed by atoms with van der Waals surface area (Å²) in [7, 11) is 0. The predicted octanol–water partition coefficient (Wildman–Crippen LogP) is 4.44. The summed E-state index contributed by atoms with van der Waals surface area (Å²) in [5.41, 5.74) is 3.45. The van der Waals surface area contributed by atoms with Crippen molar-refractivity contribution in [2.45, 2.75) is 25.9 Å². The highest BCUT2D eigenvalue weighted by Gasteiger charge is 2.25. The fraction of sp³-hybridized carbons (Fsp3) is 0.250. The van der Waals surface area contributed by atoms with Crippen molar-refractivity contribution in [2.24, 2.45) is 0 Å². The van der Waals surface area contributed by atoms with Gasteiger partial charge in [0.15, 0.2) is 0 Å². The Morgan fingerprint density at radius 2 is 2.00 bits per heavy atom. The second-order valence-corrected chi connectivity index (χ2v) is 5.86. The number of rotatable bonds is 2. The van der Waals surface area contributed by atoms with Crippen LogP contribution in [0.3, 0.4) is 0 Å². The number of aryl methyl sites for hydroxylation is 1. The Kier molecular flexibility index (Phi) is 3.31. The zero-order valence-electron chi connectivity index (χ0n) is 10.6. The molecule has 1 unspecified atom stereocenters. The molecule has 1 aliphatic heterocycles. The molecule has 0 saturated heterocycles. The molecule has 0 saturated carbocycles. The summed E-state index contributed by atoms with van der Waals surface area (Å²) in [6.07, 6.45) is 1.71. The van der Waals surface area contributed by atoms with Gasteiger partial charge in [-0.2, -0.15) is 0 Å². The number of ether oxygens (including phenoxy) is 1. The monoisotopic (exact) mass is 320 g/mol. The van der Waals surface area contributed by atoms with E-state index >= 15 is 0 Å². The molecule has 3 heteroatoms. The van der Waals surface area contributed by atoms with E-state index in [1.54, 1.807) is 6.07 Å². The highest BCUT2D eigenvalue weighted by molar-refractivity contribution is 9.10. The van der Waals surface area contributed by atoms with Crippen LogP contribution in [0.1, 0.15) is 16.7 Å². The van der Waals surface area contributed by atoms with E-state index in [1.165, 1.54) is 17.2 Å². The first-order valence-corrected chi connectivity index (χ1v) is 7.11. The first-order valence-electron chi connectivity index (χ1n) is 6.32. The van der Waals surface area contributed by atoms with Gasteiger partial charge in [-0.05, 0) is 40.5 Å². The van der Waals surface area contributed by atoms with Crippen molar-refractivity contribution in [2.75, 3.05) is 0 Å². The molecule has 0 aromatic heterocycles. The van der Waals surface area contributed by atoms with Crippen molar-refractivity contribution in [3.8, 4) is 5.75 Å². The van der Waals surface area contributed by atoms with E-state index in [1.807, 2.05) is 0 Å². The van der Waals surface area contributed by atoms with Gasteiger partial charge in [0, 0.05) is 18.4 Å². The van der Waals surface area contributed by atoms with E-state index in [4.69, 9.17) is 4.74 Å². The van der Waals surface area contributed by atoms with E-state index in [0.29, 0.717) is 4.47 Å². The van der Waals surface area contributed by atoms with Crippen molar-refractivity contribution < 1.29 is 9.13 Å². The summed E-state index contributed by atoms with van der Waals surface area (Å²) in [5.74, 6) is 0.573. The topological polar surface area (TPSA) is 9.23 Å². The Bertz CT molecular complexity index is 607. The molecule has 1 nitrogen and oxygen atoms in total. The van der Waals surface area contributed by atoms with Crippen LogP contribution < -0.4 is 4.74 Å². The molecular formula is C16H14BrFO. The minimum absolute atomic E-state index is 0.0933. The van der Waals surface area contributed by atoms with Crippen molar-refractivity contribution >= 4 is 15.9 Å². The van der Waals surface area contributed by atoms with Crippen LogP contribution in [0, 0.1) is 12.7 Å². The lowest BCUT2D eigenvalue weighted by Gasteiger charge is -2.11. The molecule has 2 aromatic carbocycles. The molecule has 3 rings (SSSR count). The molecule has 2 aromatic rings. The van der Waals surface area contributed by atoms with Crippen molar-refractivity contribution in [1.29, 1.82) is 0 Å². The molecule has 0 N–H and O–H groups in total. The number of fused-ring (bicyclic) bond motifs is 1. The molecule has 1 heterocycles. The maximum absolute atomic E-state index is 13.3. The van der Waals surface area contributed by atoms with E-state index in [0.717, 1.165) is 24.2 Å². The third-order valence-electron chi connectivity index (χ3n) is 3.40. The average molecular weight is 321 g/mol. The van der Waals surface area contributed by atoms with Crippen LogP contribution in [0.25, 0.3) is 0 Å². The Hall–Kier alpha value is -1.35. The lowest BCUT2D eigenvalue weighted by Crippen LogP contribution is -2.16. The Morgan fingerprint density at radius 1 is 1.26 bits per heavy atom. The molecular weight excluding hydrogens is 307 g/mol. The SMILES string of the molecule is Cc1ccc(CC2Cc3cc(F)cc(Br)c3O2)cc1. The molecule has 0 fully saturated rings. The third kappa shape index (κ3) is 2.66. The largest absolute Gasteiger partial charge is 0.488 e. The minimum Gasteiger partial charge on any atom is -0.488 e. The first-order chi connectivity index (χ1) is 9.11. The Labute approximate surface area is 120 Å². The van der Waals surface area contributed by atoms with Crippen molar-refractivity contribution in [3.63, 3.8) is 0 Å². The molecule has 0 amide bonds. The van der Waals surface area contributed by atoms with Crippen molar-refractivity contribution in [1.82, 2.24) is 0 Å². The van der Waals surface area contributed by atoms with Gasteiger partial charge in [-0.3, -0.25) is 0 Å². The number of benzene rings is 2. The fourth-order valence-corrected chi connectivity index (χ4v) is 3.02. The minimum atomic E-state index is -0.217. The van der Waals surface area contributed by atoms with Crippen LogP contribution in [0.4, 0.5) is 4.39 Å². The fourth-order valence-electron chi connectivity index (χ4n) is 2.45. The molecule has 98 valence electrons. The maximum Gasteiger partial charge on any atom is 0.137 e. The van der Waals surface area contributed by atoms with Crippen LogP contribution in [0.15, 0.2) is 40.9 Å². The lowest BCUT2D eigenvalue weighted by molar-refractivity contribution is 0.232. The van der Waals surface area contributed by atoms with Gasteiger partial charge < -0.3 is 4.74 Å². The second-order valence-electron chi connectivity index (χ2n) is 5.01. The molecule has 19 heavy (non-hydrogen) atoms. The number of hydrogen-bond acceptors (Lipinski definition) is 1. The highest BCUT2D eigenvalue weighted by Crippen LogP contribution is 2.37. The van der Waals surface area contributed by atoms with Gasteiger partial charge in [-0.1, -0.05) is 29.8 Å². The van der Waals surface area contributed by atoms with Crippen LogP contribution >= 0.6 is 15.9 Å². The summed E-state index contributed by atoms with van der Waals surface area (Å²) < 4.78 is 20.0. The predicted molar refractivity (Wildman–Crippen MR) is 77.1 cm³/mol. The number of hydrogen-bond donors (Lipinski definition) is 0. The Morgan fingerprint density at radius 3 is 2.74 bits per heavy atom. The summed E-state index contributed by atoms with van der Waals surface area (Å²) >= 11 is 3.36. The summed E-state index contributed by atoms with van der Waals surface area (Å²) in [4.78, 5) is 0. The van der Waals surface area contributed by atoms with Gasteiger partial charge in [-0.25, -0.2) is 4.39 Å². The quantitative estimate of drug-likeness (QED) is 0.794. The third-order valence-corrected chi connectivity index (χ3v) is 3.99. The first kappa shape index (κ1) is 12.7. The normalized spacial score (nSPS) is 17.1. The maximum atomic E-state index is 13.3. The van der Waals surface area contributed by atoms with E-state index in [-0.39, 0.29) is 11.9 Å². The van der Waals surface area contributed by atoms with E-state index < -0.39 is 0 Å². The zero-order chi connectivity index (χ0) is 13.4. The van der Waals surface area contributed by atoms with E-state index in [9.17, 15) is 4.39 Å². The van der Waals surface area contributed by atoms with Gasteiger partial charge in [-0.15, -0.1) is 0 Å². The standard InChI is InChI=1S/C16H14BrFO/c1-10-2-4-11(5-3-10)6-14-8-12-7-13(18)9-15(17)16(12)19-14/h2-5,7,9,14H,6,8H2,1H3. The van der Waals surface area contributed by atoms with Gasteiger partial charge in [0.25, 0.3) is 0 Å². The van der Waals surface area contributed by atoms with Gasteiger partial charge >= 0.3 is 0 Å². The molecule has 1 aliphatic rings. The number of halogens is 2. The summed E-state index contributed by atoms with van der Waals surface area (Å²) in [5, 5.41) is 0. The van der Waals surface area contributed by atoms with Crippen LogP contribution in [-0.4, -0.2) is 6.10 Å². The van der Waals surface area contributed by atoms with Crippen LogP contribution in [-0.2, 0) is 12.8 Å². The van der Waals surface area contributed by atoms with Crippen LogP contribution in [0.5, 0.6) is 5.75 Å². The lowest BCUT2D eigenvalue weighted by atomic mass is 10.0. The average Bonchev–Trinajstić information content (AvgIpc) is 2.75. The molecule has 0 spiro atoms. The smallest absolute Gasteiger partial charge is 0.137 e. The van der Waals surface area contributed by atoms with Gasteiger partial charge in [0.2, 0.25) is 0 Å². The second kappa shape index (κ2) is 4.97. The van der Waals surface area contributed by atoms with Crippen LogP contribution in [0.2, 0.25) is 0 Å². The summed E-state index contributed by atoms with van der Waals surface area (Å²) in [6.45, 7) is 2.07. The zero-order valence-corrected chi connectivity index (χ0v) is 12.2. The highest BCUT2D eigenvalue weighted by atomic mass is 79.9. The molecule has 0 bridgehead atoms. The summed E-state index contributed by atoms with van der Waals surface area (Å²) in [6, 6.07) is 11.5. The molecule has 1 atom stereocenters. The van der Waals surface area contributed by atoms with Gasteiger partial charge in [0.05, 0.1) is 4.47 Å². The molecule has 0 aliphatic carbocycles.